The lowest BCUT2D eigenvalue weighted by atomic mass is 10.1. The molecule has 1 atom stereocenters. The zero-order valence-electron chi connectivity index (χ0n) is 22.8. The number of hydrogen-bond donors (Lipinski definition) is 1. The van der Waals surface area contributed by atoms with Gasteiger partial charge in [-0.05, 0) is 37.0 Å². The van der Waals surface area contributed by atoms with Gasteiger partial charge in [-0.1, -0.05) is 50.6 Å². The Morgan fingerprint density at radius 2 is 1.76 bits per heavy atom. The predicted octanol–water partition coefficient (Wildman–Crippen LogP) is 3.36. The van der Waals surface area contributed by atoms with Crippen molar-refractivity contribution in [3.63, 3.8) is 0 Å². The van der Waals surface area contributed by atoms with E-state index in [0.29, 0.717) is 18.7 Å². The smallest absolute Gasteiger partial charge is 0.244 e. The molecule has 0 heterocycles. The summed E-state index contributed by atoms with van der Waals surface area (Å²) in [6.07, 6.45) is 1.39. The van der Waals surface area contributed by atoms with Crippen molar-refractivity contribution < 1.29 is 27.5 Å². The number of methoxy groups -OCH3 is 2. The Balaban J connectivity index is 2.51. The molecule has 37 heavy (non-hydrogen) atoms. The first-order valence-electron chi connectivity index (χ1n) is 12.2. The Labute approximate surface area is 220 Å². The molecule has 0 aliphatic rings. The van der Waals surface area contributed by atoms with Gasteiger partial charge in [0.25, 0.3) is 0 Å². The summed E-state index contributed by atoms with van der Waals surface area (Å²) < 4.78 is 37.4. The largest absolute Gasteiger partial charge is 0.497 e. The van der Waals surface area contributed by atoms with Crippen molar-refractivity contribution in [2.24, 2.45) is 5.92 Å². The normalized spacial score (nSPS) is 12.1. The summed E-state index contributed by atoms with van der Waals surface area (Å²) in [5.41, 5.74) is 2.03. The van der Waals surface area contributed by atoms with E-state index in [9.17, 15) is 18.0 Å². The lowest BCUT2D eigenvalue weighted by molar-refractivity contribution is -0.140. The molecule has 0 saturated carbocycles. The predicted molar refractivity (Wildman–Crippen MR) is 145 cm³/mol. The maximum absolute atomic E-state index is 13.8. The topological polar surface area (TPSA) is 105 Å². The first-order chi connectivity index (χ1) is 17.4. The Hall–Kier alpha value is -3.27. The van der Waals surface area contributed by atoms with E-state index in [1.165, 1.54) is 25.2 Å². The molecule has 0 aliphatic heterocycles. The molecular weight excluding hydrogens is 494 g/mol. The van der Waals surface area contributed by atoms with E-state index in [0.717, 1.165) is 21.7 Å². The van der Waals surface area contributed by atoms with Crippen LogP contribution in [0.1, 0.15) is 38.3 Å². The second-order valence-corrected chi connectivity index (χ2v) is 11.3. The average molecular weight is 534 g/mol. The molecule has 0 fully saturated rings. The maximum Gasteiger partial charge on any atom is 0.244 e. The standard InChI is InChI=1S/C27H39N3O6S/c1-8-23(27(32)28-16-19(2)3)29(17-21-11-9-10-20(4)14-21)26(31)18-30(37(7,33)34)24-15-22(35-5)12-13-25(24)36-6/h9-15,19,23H,8,16-18H2,1-7H3,(H,28,32)/t23-/m1/s1. The lowest BCUT2D eigenvalue weighted by Gasteiger charge is -2.33. The highest BCUT2D eigenvalue weighted by molar-refractivity contribution is 7.92. The number of carbonyl (C=O) groups is 2. The highest BCUT2D eigenvalue weighted by atomic mass is 32.2. The third kappa shape index (κ3) is 8.38. The van der Waals surface area contributed by atoms with E-state index in [-0.39, 0.29) is 29.8 Å². The van der Waals surface area contributed by atoms with Gasteiger partial charge >= 0.3 is 0 Å². The molecule has 2 amide bonds. The van der Waals surface area contributed by atoms with Gasteiger partial charge in [0, 0.05) is 19.2 Å². The minimum Gasteiger partial charge on any atom is -0.497 e. The highest BCUT2D eigenvalue weighted by Crippen LogP contribution is 2.34. The van der Waals surface area contributed by atoms with Crippen LogP contribution in [-0.4, -0.2) is 64.7 Å². The van der Waals surface area contributed by atoms with E-state index < -0.39 is 28.5 Å². The quantitative estimate of drug-likeness (QED) is 0.423. The molecule has 10 heteroatoms. The van der Waals surface area contributed by atoms with Gasteiger partial charge in [0.15, 0.2) is 0 Å². The van der Waals surface area contributed by atoms with Crippen molar-refractivity contribution in [3.8, 4) is 11.5 Å². The maximum atomic E-state index is 13.8. The van der Waals surface area contributed by atoms with E-state index in [1.54, 1.807) is 12.1 Å². The van der Waals surface area contributed by atoms with Crippen molar-refractivity contribution >= 4 is 27.5 Å². The van der Waals surface area contributed by atoms with E-state index in [1.807, 2.05) is 52.0 Å². The van der Waals surface area contributed by atoms with Gasteiger partial charge in [0.05, 0.1) is 26.2 Å². The fraction of sp³-hybridized carbons (Fsp3) is 0.481. The molecule has 9 nitrogen and oxygen atoms in total. The summed E-state index contributed by atoms with van der Waals surface area (Å²) in [4.78, 5) is 28.4. The Bertz CT molecular complexity index is 1180. The van der Waals surface area contributed by atoms with Crippen molar-refractivity contribution in [1.29, 1.82) is 0 Å². The fourth-order valence-electron chi connectivity index (χ4n) is 3.94. The van der Waals surface area contributed by atoms with Gasteiger partial charge in [-0.25, -0.2) is 8.42 Å². The van der Waals surface area contributed by atoms with Crippen molar-refractivity contribution in [2.45, 2.75) is 46.7 Å². The van der Waals surface area contributed by atoms with Crippen molar-refractivity contribution in [1.82, 2.24) is 10.2 Å². The number of ether oxygens (including phenoxy) is 2. The van der Waals surface area contributed by atoms with Crippen LogP contribution in [-0.2, 0) is 26.2 Å². The number of hydrogen-bond acceptors (Lipinski definition) is 6. The molecule has 0 aliphatic carbocycles. The molecule has 0 aromatic heterocycles. The third-order valence-corrected chi connectivity index (χ3v) is 6.97. The summed E-state index contributed by atoms with van der Waals surface area (Å²) in [7, 11) is -1.02. The zero-order chi connectivity index (χ0) is 27.8. The van der Waals surface area contributed by atoms with Gasteiger partial charge < -0.3 is 19.7 Å². The first-order valence-corrected chi connectivity index (χ1v) is 14.1. The van der Waals surface area contributed by atoms with Crippen molar-refractivity contribution in [2.75, 3.05) is 37.9 Å². The number of nitrogens with zero attached hydrogens (tertiary/aromatic N) is 2. The van der Waals surface area contributed by atoms with Crippen LogP contribution in [0.3, 0.4) is 0 Å². The van der Waals surface area contributed by atoms with Crippen LogP contribution in [0.25, 0.3) is 0 Å². The van der Waals surface area contributed by atoms with Crippen LogP contribution >= 0.6 is 0 Å². The van der Waals surface area contributed by atoms with Gasteiger partial charge in [-0.3, -0.25) is 13.9 Å². The summed E-state index contributed by atoms with van der Waals surface area (Å²) in [6.45, 7) is 7.87. The summed E-state index contributed by atoms with van der Waals surface area (Å²) in [5, 5.41) is 2.91. The van der Waals surface area contributed by atoms with E-state index >= 15 is 0 Å². The molecule has 2 aromatic rings. The summed E-state index contributed by atoms with van der Waals surface area (Å²) in [6, 6.07) is 11.6. The van der Waals surface area contributed by atoms with Gasteiger partial charge in [0.1, 0.15) is 24.1 Å². The van der Waals surface area contributed by atoms with Crippen LogP contribution in [0.2, 0.25) is 0 Å². The lowest BCUT2D eigenvalue weighted by Crippen LogP contribution is -2.52. The Morgan fingerprint density at radius 1 is 1.05 bits per heavy atom. The number of sulfonamides is 1. The molecule has 204 valence electrons. The number of benzene rings is 2. The molecule has 0 spiro atoms. The number of anilines is 1. The van der Waals surface area contributed by atoms with Crippen LogP contribution in [0.5, 0.6) is 11.5 Å². The second-order valence-electron chi connectivity index (χ2n) is 9.38. The first kappa shape index (κ1) is 30.0. The molecule has 0 saturated heterocycles. The number of nitrogens with one attached hydrogen (secondary N) is 1. The molecule has 0 bridgehead atoms. The molecule has 2 rings (SSSR count). The number of rotatable bonds is 13. The molecule has 1 N–H and O–H groups in total. The monoisotopic (exact) mass is 533 g/mol. The minimum absolute atomic E-state index is 0.154. The molecule has 0 unspecified atom stereocenters. The Kier molecular flexibility index (Phi) is 10.8. The van der Waals surface area contributed by atoms with E-state index in [2.05, 4.69) is 5.32 Å². The molecule has 2 aromatic carbocycles. The fourth-order valence-corrected chi connectivity index (χ4v) is 4.78. The number of amides is 2. The summed E-state index contributed by atoms with van der Waals surface area (Å²) >= 11 is 0. The van der Waals surface area contributed by atoms with Crippen molar-refractivity contribution in [3.05, 3.63) is 53.6 Å². The van der Waals surface area contributed by atoms with Gasteiger partial charge in [-0.15, -0.1) is 0 Å². The van der Waals surface area contributed by atoms with Gasteiger partial charge in [-0.2, -0.15) is 0 Å². The van der Waals surface area contributed by atoms with Crippen LogP contribution < -0.4 is 19.1 Å². The number of carbonyl (C=O) groups excluding carboxylic acids is 2. The minimum atomic E-state index is -3.91. The SMILES string of the molecule is CC[C@H](C(=O)NCC(C)C)N(Cc1cccc(C)c1)C(=O)CN(c1cc(OC)ccc1OC)S(C)(=O)=O. The van der Waals surface area contributed by atoms with Crippen LogP contribution in [0.15, 0.2) is 42.5 Å². The summed E-state index contributed by atoms with van der Waals surface area (Å²) in [5.74, 6) is 0.132. The highest BCUT2D eigenvalue weighted by Gasteiger charge is 2.32. The zero-order valence-corrected chi connectivity index (χ0v) is 23.6. The number of aryl methyl sites for hydroxylation is 1. The third-order valence-electron chi connectivity index (χ3n) is 5.84. The van der Waals surface area contributed by atoms with Crippen LogP contribution in [0, 0.1) is 12.8 Å². The second kappa shape index (κ2) is 13.3. The Morgan fingerprint density at radius 3 is 2.30 bits per heavy atom. The van der Waals surface area contributed by atoms with E-state index in [4.69, 9.17) is 9.47 Å². The van der Waals surface area contributed by atoms with Crippen LogP contribution in [0.4, 0.5) is 5.69 Å². The van der Waals surface area contributed by atoms with Gasteiger partial charge in [0.2, 0.25) is 21.8 Å². The molecular formula is C27H39N3O6S. The molecule has 0 radical (unpaired) electrons. The average Bonchev–Trinajstić information content (AvgIpc) is 2.84.